The van der Waals surface area contributed by atoms with E-state index in [0.717, 1.165) is 18.9 Å². The van der Waals surface area contributed by atoms with E-state index in [0.29, 0.717) is 12.6 Å². The van der Waals surface area contributed by atoms with Crippen molar-refractivity contribution in [3.05, 3.63) is 12.3 Å². The molecule has 16 heavy (non-hydrogen) atoms. The molecular formula is C10H17N5O. The van der Waals surface area contributed by atoms with Crippen molar-refractivity contribution >= 4 is 11.7 Å². The Balaban J connectivity index is 2.03. The molecule has 0 aromatic carbocycles. The first-order chi connectivity index (χ1) is 7.72. The molecule has 1 atom stereocenters. The molecule has 1 amide bonds. The molecule has 2 rings (SSSR count). The Morgan fingerprint density at radius 1 is 1.81 bits per heavy atom. The molecule has 1 aliphatic rings. The summed E-state index contributed by atoms with van der Waals surface area (Å²) < 4.78 is 1.84. The molecule has 6 heteroatoms. The topological polar surface area (TPSA) is 85.0 Å². The van der Waals surface area contributed by atoms with Crippen LogP contribution in [0.3, 0.4) is 0 Å². The smallest absolute Gasteiger partial charge is 0.229 e. The number of hydrogen-bond acceptors (Lipinski definition) is 4. The maximum absolute atomic E-state index is 11.7. The zero-order valence-corrected chi connectivity index (χ0v) is 9.31. The lowest BCUT2D eigenvalue weighted by atomic mass is 10.1. The van der Waals surface area contributed by atoms with Crippen molar-refractivity contribution in [1.82, 2.24) is 15.1 Å². The second kappa shape index (κ2) is 4.63. The minimum atomic E-state index is -0.178. The number of carbonyl (C=O) groups is 1. The fourth-order valence-corrected chi connectivity index (χ4v) is 1.51. The predicted molar refractivity (Wildman–Crippen MR) is 61.0 cm³/mol. The molecular weight excluding hydrogens is 206 g/mol. The van der Waals surface area contributed by atoms with E-state index in [1.165, 1.54) is 0 Å². The van der Waals surface area contributed by atoms with Gasteiger partial charge in [0.05, 0.1) is 12.2 Å². The number of nitrogens with two attached hydrogens (primary N) is 1. The Kier molecular flexibility index (Phi) is 3.21. The summed E-state index contributed by atoms with van der Waals surface area (Å²) >= 11 is 0. The number of amides is 1. The number of nitrogens with zero attached hydrogens (tertiary/aromatic N) is 2. The fourth-order valence-electron chi connectivity index (χ4n) is 1.51. The summed E-state index contributed by atoms with van der Waals surface area (Å²) in [7, 11) is 0. The lowest BCUT2D eigenvalue weighted by Gasteiger charge is -2.28. The van der Waals surface area contributed by atoms with Gasteiger partial charge < -0.3 is 16.4 Å². The van der Waals surface area contributed by atoms with E-state index in [9.17, 15) is 4.79 Å². The van der Waals surface area contributed by atoms with E-state index < -0.39 is 0 Å². The summed E-state index contributed by atoms with van der Waals surface area (Å²) in [5.74, 6) is 0.510. The van der Waals surface area contributed by atoms with Crippen molar-refractivity contribution in [1.29, 1.82) is 0 Å². The number of hydrogen-bond donors (Lipinski definition) is 3. The van der Waals surface area contributed by atoms with Gasteiger partial charge in [0.1, 0.15) is 5.82 Å². The summed E-state index contributed by atoms with van der Waals surface area (Å²) in [6.45, 7) is 3.96. The van der Waals surface area contributed by atoms with Crippen molar-refractivity contribution < 1.29 is 4.79 Å². The predicted octanol–water partition coefficient (Wildman–Crippen LogP) is -0.439. The van der Waals surface area contributed by atoms with E-state index in [2.05, 4.69) is 15.7 Å². The summed E-state index contributed by atoms with van der Waals surface area (Å²) in [5.41, 5.74) is 5.44. The first-order valence-electron chi connectivity index (χ1n) is 5.47. The standard InChI is InChI=1S/C10H17N5O/c1-7(4-11)10(16)14-9-2-3-13-15(9)8-5-12-6-8/h2-3,7-8,12H,4-6,11H2,1H3,(H,14,16). The molecule has 6 nitrogen and oxygen atoms in total. The van der Waals surface area contributed by atoms with Crippen molar-refractivity contribution in [2.75, 3.05) is 25.0 Å². The van der Waals surface area contributed by atoms with Gasteiger partial charge in [0.15, 0.2) is 0 Å². The number of nitrogens with one attached hydrogen (secondary N) is 2. The van der Waals surface area contributed by atoms with Crippen LogP contribution < -0.4 is 16.4 Å². The van der Waals surface area contributed by atoms with Crippen LogP contribution in [0.15, 0.2) is 12.3 Å². The summed E-state index contributed by atoms with van der Waals surface area (Å²) in [5, 5.41) is 10.2. The van der Waals surface area contributed by atoms with Crippen LogP contribution in [0.5, 0.6) is 0 Å². The van der Waals surface area contributed by atoms with E-state index in [1.807, 2.05) is 4.68 Å². The molecule has 1 aromatic rings. The van der Waals surface area contributed by atoms with Crippen LogP contribution in [0.2, 0.25) is 0 Å². The Hall–Kier alpha value is -1.40. The van der Waals surface area contributed by atoms with Gasteiger partial charge in [-0.1, -0.05) is 6.92 Å². The molecule has 88 valence electrons. The minimum Gasteiger partial charge on any atom is -0.330 e. The molecule has 2 heterocycles. The van der Waals surface area contributed by atoms with Crippen LogP contribution in [-0.4, -0.2) is 35.3 Å². The highest BCUT2D eigenvalue weighted by Crippen LogP contribution is 2.17. The van der Waals surface area contributed by atoms with Gasteiger partial charge in [-0.3, -0.25) is 4.79 Å². The highest BCUT2D eigenvalue weighted by molar-refractivity contribution is 5.91. The molecule has 1 fully saturated rings. The monoisotopic (exact) mass is 223 g/mol. The average Bonchev–Trinajstić information content (AvgIpc) is 2.62. The van der Waals surface area contributed by atoms with Crippen LogP contribution in [0.1, 0.15) is 13.0 Å². The molecule has 1 saturated heterocycles. The van der Waals surface area contributed by atoms with Crippen LogP contribution in [-0.2, 0) is 4.79 Å². The second-order valence-corrected chi connectivity index (χ2v) is 4.10. The van der Waals surface area contributed by atoms with E-state index in [-0.39, 0.29) is 11.8 Å². The Labute approximate surface area is 94.2 Å². The van der Waals surface area contributed by atoms with E-state index >= 15 is 0 Å². The molecule has 0 saturated carbocycles. The van der Waals surface area contributed by atoms with Gasteiger partial charge in [-0.2, -0.15) is 5.10 Å². The molecule has 0 bridgehead atoms. The quantitative estimate of drug-likeness (QED) is 0.646. The van der Waals surface area contributed by atoms with Gasteiger partial charge in [0, 0.05) is 31.6 Å². The van der Waals surface area contributed by atoms with Gasteiger partial charge in [-0.15, -0.1) is 0 Å². The zero-order chi connectivity index (χ0) is 11.5. The van der Waals surface area contributed by atoms with Crippen molar-refractivity contribution in [2.45, 2.75) is 13.0 Å². The highest BCUT2D eigenvalue weighted by Gasteiger charge is 2.22. The number of rotatable bonds is 4. The summed E-state index contributed by atoms with van der Waals surface area (Å²) in [6.07, 6.45) is 1.70. The van der Waals surface area contributed by atoms with Crippen molar-refractivity contribution in [3.63, 3.8) is 0 Å². The van der Waals surface area contributed by atoms with Gasteiger partial charge in [-0.25, -0.2) is 4.68 Å². The molecule has 0 aliphatic carbocycles. The maximum atomic E-state index is 11.7. The zero-order valence-electron chi connectivity index (χ0n) is 9.31. The number of anilines is 1. The minimum absolute atomic E-state index is 0.0588. The largest absolute Gasteiger partial charge is 0.330 e. The maximum Gasteiger partial charge on any atom is 0.229 e. The average molecular weight is 223 g/mol. The van der Waals surface area contributed by atoms with Crippen molar-refractivity contribution in [3.8, 4) is 0 Å². The Morgan fingerprint density at radius 2 is 2.56 bits per heavy atom. The van der Waals surface area contributed by atoms with Crippen LogP contribution in [0.25, 0.3) is 0 Å². The van der Waals surface area contributed by atoms with Crippen molar-refractivity contribution in [2.24, 2.45) is 11.7 Å². The van der Waals surface area contributed by atoms with Crippen LogP contribution >= 0.6 is 0 Å². The highest BCUT2D eigenvalue weighted by atomic mass is 16.2. The molecule has 1 aromatic heterocycles. The molecule has 0 radical (unpaired) electrons. The molecule has 1 unspecified atom stereocenters. The van der Waals surface area contributed by atoms with E-state index in [4.69, 9.17) is 5.73 Å². The van der Waals surface area contributed by atoms with Gasteiger partial charge >= 0.3 is 0 Å². The first-order valence-corrected chi connectivity index (χ1v) is 5.47. The van der Waals surface area contributed by atoms with E-state index in [1.54, 1.807) is 19.2 Å². The Morgan fingerprint density at radius 3 is 3.12 bits per heavy atom. The fraction of sp³-hybridized carbons (Fsp3) is 0.600. The second-order valence-electron chi connectivity index (χ2n) is 4.10. The third kappa shape index (κ3) is 2.07. The third-order valence-electron chi connectivity index (χ3n) is 2.83. The van der Waals surface area contributed by atoms with Crippen LogP contribution in [0, 0.1) is 5.92 Å². The third-order valence-corrected chi connectivity index (χ3v) is 2.83. The normalized spacial score (nSPS) is 17.9. The summed E-state index contributed by atoms with van der Waals surface area (Å²) in [6, 6.07) is 2.15. The molecule has 0 spiro atoms. The van der Waals surface area contributed by atoms with Gasteiger partial charge in [-0.05, 0) is 0 Å². The number of aromatic nitrogens is 2. The first kappa shape index (κ1) is 11.1. The number of carbonyl (C=O) groups excluding carboxylic acids is 1. The SMILES string of the molecule is CC(CN)C(=O)Nc1ccnn1C1CNC1. The molecule has 1 aliphatic heterocycles. The van der Waals surface area contributed by atoms with Gasteiger partial charge in [0.2, 0.25) is 5.91 Å². The lowest BCUT2D eigenvalue weighted by Crippen LogP contribution is -2.44. The summed E-state index contributed by atoms with van der Waals surface area (Å²) in [4.78, 5) is 11.7. The Bertz CT molecular complexity index is 371. The van der Waals surface area contributed by atoms with Crippen LogP contribution in [0.4, 0.5) is 5.82 Å². The van der Waals surface area contributed by atoms with Gasteiger partial charge in [0.25, 0.3) is 0 Å². The lowest BCUT2D eigenvalue weighted by molar-refractivity contribution is -0.119. The molecule has 4 N–H and O–H groups in total.